The number of hydrogen-bond donors (Lipinski definition) is 2. The average Bonchev–Trinajstić information content (AvgIpc) is 3.27. The first-order valence-corrected chi connectivity index (χ1v) is 12.9. The third-order valence-corrected chi connectivity index (χ3v) is 7.83. The fourth-order valence-corrected chi connectivity index (χ4v) is 5.71. The Morgan fingerprint density at radius 1 is 1.12 bits per heavy atom. The maximum absolute atomic E-state index is 12.7. The van der Waals surface area contributed by atoms with Gasteiger partial charge in [0.2, 0.25) is 0 Å². The molecule has 1 aromatic heterocycles. The number of nitro groups is 1. The lowest BCUT2D eigenvalue weighted by Gasteiger charge is -2.13. The van der Waals surface area contributed by atoms with E-state index in [0.717, 1.165) is 36.5 Å². The van der Waals surface area contributed by atoms with E-state index in [0.29, 0.717) is 17.0 Å². The van der Waals surface area contributed by atoms with E-state index >= 15 is 0 Å². The van der Waals surface area contributed by atoms with Gasteiger partial charge in [-0.05, 0) is 61.9 Å². The molecule has 1 aliphatic rings. The molecule has 2 N–H and O–H groups in total. The summed E-state index contributed by atoms with van der Waals surface area (Å²) in [7, 11) is -4.07. The normalized spacial score (nSPS) is 13.7. The van der Waals surface area contributed by atoms with Crippen LogP contribution in [0.4, 0.5) is 11.4 Å². The van der Waals surface area contributed by atoms with Gasteiger partial charge in [0.1, 0.15) is 0 Å². The number of fused-ring (bicyclic) bond motifs is 1. The van der Waals surface area contributed by atoms with E-state index in [1.54, 1.807) is 42.5 Å². The SMILES string of the molecule is C/C(=N\NS(=O)(=O)c1cccc([N+](=O)[O-])c1)c1ccc(NC(=O)c2csc3c2CCCC3)cc1. The molecule has 11 heteroatoms. The van der Waals surface area contributed by atoms with Crippen molar-refractivity contribution in [2.75, 3.05) is 5.32 Å². The molecule has 0 fully saturated rings. The third-order valence-electron chi connectivity index (χ3n) is 5.54. The highest BCUT2D eigenvalue weighted by Gasteiger charge is 2.20. The molecule has 1 amide bonds. The smallest absolute Gasteiger partial charge is 0.276 e. The fourth-order valence-electron chi connectivity index (χ4n) is 3.69. The van der Waals surface area contributed by atoms with Crippen LogP contribution in [0.2, 0.25) is 0 Å². The minimum atomic E-state index is -4.07. The van der Waals surface area contributed by atoms with Crippen LogP contribution in [0.1, 0.15) is 46.1 Å². The molecule has 0 spiro atoms. The predicted molar refractivity (Wildman–Crippen MR) is 131 cm³/mol. The summed E-state index contributed by atoms with van der Waals surface area (Å²) in [6, 6.07) is 11.6. The Hall–Kier alpha value is -3.57. The summed E-state index contributed by atoms with van der Waals surface area (Å²) in [6.07, 6.45) is 4.23. The van der Waals surface area contributed by atoms with Crippen molar-refractivity contribution in [1.82, 2.24) is 4.83 Å². The highest BCUT2D eigenvalue weighted by Crippen LogP contribution is 2.30. The lowest BCUT2D eigenvalue weighted by Crippen LogP contribution is -2.20. The Morgan fingerprint density at radius 3 is 2.59 bits per heavy atom. The Morgan fingerprint density at radius 2 is 1.85 bits per heavy atom. The van der Waals surface area contributed by atoms with Crippen molar-refractivity contribution < 1.29 is 18.1 Å². The van der Waals surface area contributed by atoms with Gasteiger partial charge in [0.15, 0.2) is 0 Å². The number of carbonyl (C=O) groups excluding carboxylic acids is 1. The highest BCUT2D eigenvalue weighted by molar-refractivity contribution is 7.89. The van der Waals surface area contributed by atoms with Gasteiger partial charge in [-0.3, -0.25) is 14.9 Å². The second-order valence-corrected chi connectivity index (χ2v) is 10.5. The second kappa shape index (κ2) is 9.74. The number of carbonyl (C=O) groups is 1. The number of amides is 1. The van der Waals surface area contributed by atoms with Gasteiger partial charge in [-0.15, -0.1) is 11.3 Å². The monoisotopic (exact) mass is 498 g/mol. The van der Waals surface area contributed by atoms with E-state index < -0.39 is 14.9 Å². The van der Waals surface area contributed by atoms with Crippen LogP contribution in [0.15, 0.2) is 63.9 Å². The van der Waals surface area contributed by atoms with E-state index in [-0.39, 0.29) is 16.5 Å². The number of benzene rings is 2. The molecule has 0 unspecified atom stereocenters. The summed E-state index contributed by atoms with van der Waals surface area (Å²) in [4.78, 5) is 26.1. The Labute approximate surface area is 200 Å². The van der Waals surface area contributed by atoms with Crippen LogP contribution in [0.3, 0.4) is 0 Å². The summed E-state index contributed by atoms with van der Waals surface area (Å²) in [5, 5.41) is 19.6. The maximum Gasteiger partial charge on any atom is 0.276 e. The Kier molecular flexibility index (Phi) is 6.75. The number of nitrogens with one attached hydrogen (secondary N) is 2. The first kappa shape index (κ1) is 23.6. The standard InChI is InChI=1S/C23H22N4O5S2/c1-15(25-26-34(31,32)19-6-4-5-18(13-19)27(29)30)16-9-11-17(12-10-16)24-23(28)21-14-33-22-8-3-2-7-20(21)22/h4-6,9-14,26H,2-3,7-8H2,1H3,(H,24,28)/b25-15+. The molecule has 0 bridgehead atoms. The van der Waals surface area contributed by atoms with Crippen LogP contribution < -0.4 is 10.1 Å². The number of thiophene rings is 1. The zero-order chi connectivity index (χ0) is 24.3. The molecule has 0 saturated heterocycles. The van der Waals surface area contributed by atoms with Crippen molar-refractivity contribution in [1.29, 1.82) is 0 Å². The van der Waals surface area contributed by atoms with Crippen molar-refractivity contribution >= 4 is 44.4 Å². The van der Waals surface area contributed by atoms with E-state index in [1.807, 2.05) is 5.38 Å². The Bertz CT molecular complexity index is 1380. The number of non-ortho nitro benzene ring substituents is 1. The van der Waals surface area contributed by atoms with Crippen molar-refractivity contribution in [3.8, 4) is 0 Å². The van der Waals surface area contributed by atoms with Gasteiger partial charge in [-0.2, -0.15) is 18.4 Å². The summed E-state index contributed by atoms with van der Waals surface area (Å²) < 4.78 is 24.9. The molecule has 3 aromatic rings. The van der Waals surface area contributed by atoms with Gasteiger partial charge in [0.25, 0.3) is 21.6 Å². The summed E-state index contributed by atoms with van der Waals surface area (Å²) in [5.74, 6) is -0.137. The summed E-state index contributed by atoms with van der Waals surface area (Å²) >= 11 is 1.64. The molecule has 2 aromatic carbocycles. The number of nitrogens with zero attached hydrogens (tertiary/aromatic N) is 2. The van der Waals surface area contributed by atoms with Crippen molar-refractivity contribution in [3.05, 3.63) is 85.6 Å². The molecule has 0 aliphatic heterocycles. The van der Waals surface area contributed by atoms with Gasteiger partial charge in [0, 0.05) is 28.1 Å². The highest BCUT2D eigenvalue weighted by atomic mass is 32.2. The number of anilines is 1. The Balaban J connectivity index is 1.43. The van der Waals surface area contributed by atoms with E-state index in [2.05, 4.69) is 15.2 Å². The molecule has 34 heavy (non-hydrogen) atoms. The van der Waals surface area contributed by atoms with Gasteiger partial charge in [-0.25, -0.2) is 0 Å². The second-order valence-electron chi connectivity index (χ2n) is 7.84. The van der Waals surface area contributed by atoms with Gasteiger partial charge < -0.3 is 5.32 Å². The molecular formula is C23H22N4O5S2. The molecule has 1 heterocycles. The molecule has 9 nitrogen and oxygen atoms in total. The number of sulfonamides is 1. The van der Waals surface area contributed by atoms with Gasteiger partial charge in [-0.1, -0.05) is 18.2 Å². The van der Waals surface area contributed by atoms with Crippen LogP contribution in [-0.4, -0.2) is 25.0 Å². The molecule has 176 valence electrons. The van der Waals surface area contributed by atoms with Gasteiger partial charge >= 0.3 is 0 Å². The van der Waals surface area contributed by atoms with E-state index in [9.17, 15) is 23.3 Å². The number of hydrazone groups is 1. The largest absolute Gasteiger partial charge is 0.322 e. The number of hydrogen-bond acceptors (Lipinski definition) is 7. The van der Waals surface area contributed by atoms with Crippen LogP contribution >= 0.6 is 11.3 Å². The van der Waals surface area contributed by atoms with E-state index in [4.69, 9.17) is 0 Å². The van der Waals surface area contributed by atoms with Crippen molar-refractivity contribution in [2.45, 2.75) is 37.5 Å². The minimum Gasteiger partial charge on any atom is -0.322 e. The summed E-state index contributed by atoms with van der Waals surface area (Å²) in [6.45, 7) is 1.63. The zero-order valence-corrected chi connectivity index (χ0v) is 19.9. The van der Waals surface area contributed by atoms with E-state index in [1.165, 1.54) is 29.5 Å². The number of nitro benzene ring substituents is 1. The lowest BCUT2D eigenvalue weighted by atomic mass is 9.95. The van der Waals surface area contributed by atoms with Crippen LogP contribution in [0.25, 0.3) is 0 Å². The van der Waals surface area contributed by atoms with Gasteiger partial charge in [0.05, 0.1) is 21.1 Å². The molecule has 4 rings (SSSR count). The molecule has 0 saturated carbocycles. The van der Waals surface area contributed by atoms with Crippen LogP contribution in [0.5, 0.6) is 0 Å². The first-order chi connectivity index (χ1) is 16.2. The quantitative estimate of drug-likeness (QED) is 0.281. The molecule has 0 radical (unpaired) electrons. The van der Waals surface area contributed by atoms with Crippen LogP contribution in [-0.2, 0) is 22.9 Å². The molecular weight excluding hydrogens is 476 g/mol. The summed E-state index contributed by atoms with van der Waals surface area (Å²) in [5.41, 5.74) is 3.21. The van der Waals surface area contributed by atoms with Crippen molar-refractivity contribution in [3.63, 3.8) is 0 Å². The predicted octanol–water partition coefficient (Wildman–Crippen LogP) is 4.49. The topological polar surface area (TPSA) is 131 Å². The minimum absolute atomic E-state index is 0.137. The van der Waals surface area contributed by atoms with Crippen molar-refractivity contribution in [2.24, 2.45) is 5.10 Å². The first-order valence-electron chi connectivity index (χ1n) is 10.6. The maximum atomic E-state index is 12.7. The lowest BCUT2D eigenvalue weighted by molar-refractivity contribution is -0.385. The van der Waals surface area contributed by atoms with Crippen LogP contribution in [0, 0.1) is 10.1 Å². The molecule has 1 aliphatic carbocycles. The third kappa shape index (κ3) is 5.15. The zero-order valence-electron chi connectivity index (χ0n) is 18.3. The fraction of sp³-hybridized carbons (Fsp3) is 0.217. The number of aryl methyl sites for hydroxylation is 1. The molecule has 0 atom stereocenters. The average molecular weight is 499 g/mol. The number of rotatable bonds is 7.